The molecular formula is C7H11NO. The Bertz CT molecular complexity index is 127. The van der Waals surface area contributed by atoms with Crippen molar-refractivity contribution in [1.82, 2.24) is 0 Å². The molecule has 0 unspecified atom stereocenters. The van der Waals surface area contributed by atoms with E-state index in [1.165, 1.54) is 6.20 Å². The molecule has 2 nitrogen and oxygen atoms in total. The molecule has 0 rings (SSSR count). The van der Waals surface area contributed by atoms with Gasteiger partial charge >= 0.3 is 0 Å². The van der Waals surface area contributed by atoms with Crippen LogP contribution in [0.4, 0.5) is 0 Å². The van der Waals surface area contributed by atoms with E-state index in [1.54, 1.807) is 13.2 Å². The average molecular weight is 125 g/mol. The number of ether oxygens (including phenoxy) is 1. The highest BCUT2D eigenvalue weighted by Gasteiger charge is 1.86. The molecule has 0 radical (unpaired) electrons. The van der Waals surface area contributed by atoms with Gasteiger partial charge in [0.2, 0.25) is 0 Å². The monoisotopic (exact) mass is 125 g/mol. The Labute approximate surface area is 55.6 Å². The van der Waals surface area contributed by atoms with Gasteiger partial charge in [0.25, 0.3) is 0 Å². The number of rotatable bonds is 4. The molecule has 0 aromatic carbocycles. The molecule has 2 heteroatoms. The maximum absolute atomic E-state index is 4.80. The Morgan fingerprint density at radius 2 is 2.33 bits per heavy atom. The van der Waals surface area contributed by atoms with Gasteiger partial charge in [-0.05, 0) is 6.08 Å². The molecule has 0 spiro atoms. The number of aliphatic imine (C=N–C) groups is 1. The van der Waals surface area contributed by atoms with Crippen LogP contribution in [-0.4, -0.2) is 19.4 Å². The largest absolute Gasteiger partial charge is 0.378 e. The van der Waals surface area contributed by atoms with Gasteiger partial charge in [0.05, 0.1) is 12.3 Å². The first-order chi connectivity index (χ1) is 4.35. The molecule has 0 saturated heterocycles. The van der Waals surface area contributed by atoms with Crippen LogP contribution in [0, 0.1) is 0 Å². The molecular weight excluding hydrogens is 114 g/mol. The first kappa shape index (κ1) is 8.11. The first-order valence-corrected chi connectivity index (χ1v) is 2.64. The maximum Gasteiger partial charge on any atom is 0.0883 e. The van der Waals surface area contributed by atoms with Gasteiger partial charge < -0.3 is 4.74 Å². The van der Waals surface area contributed by atoms with Gasteiger partial charge in [-0.2, -0.15) is 0 Å². The third-order valence-corrected chi connectivity index (χ3v) is 0.785. The van der Waals surface area contributed by atoms with Crippen LogP contribution in [0.5, 0.6) is 0 Å². The van der Waals surface area contributed by atoms with Crippen LogP contribution in [0.15, 0.2) is 30.4 Å². The first-order valence-electron chi connectivity index (χ1n) is 2.64. The van der Waals surface area contributed by atoms with Crippen LogP contribution in [0.2, 0.25) is 0 Å². The molecule has 0 atom stereocenters. The van der Waals surface area contributed by atoms with Gasteiger partial charge in [-0.3, -0.25) is 4.99 Å². The summed E-state index contributed by atoms with van der Waals surface area (Å²) in [5, 5.41) is 0. The van der Waals surface area contributed by atoms with Gasteiger partial charge in [0, 0.05) is 13.3 Å². The summed E-state index contributed by atoms with van der Waals surface area (Å²) >= 11 is 0. The summed E-state index contributed by atoms with van der Waals surface area (Å²) in [6.45, 7) is 7.48. The fourth-order valence-electron chi connectivity index (χ4n) is 0.414. The summed E-state index contributed by atoms with van der Waals surface area (Å²) in [6, 6.07) is 0. The summed E-state index contributed by atoms with van der Waals surface area (Å²) in [4.78, 5) is 3.87. The lowest BCUT2D eigenvalue weighted by molar-refractivity contribution is 0.246. The number of hydrogen-bond acceptors (Lipinski definition) is 2. The van der Waals surface area contributed by atoms with Crippen LogP contribution in [0.3, 0.4) is 0 Å². The Balaban J connectivity index is 3.80. The third kappa shape index (κ3) is 3.67. The fourth-order valence-corrected chi connectivity index (χ4v) is 0.414. The normalized spacial score (nSPS) is 11.0. The van der Waals surface area contributed by atoms with Crippen molar-refractivity contribution in [2.45, 2.75) is 0 Å². The molecule has 9 heavy (non-hydrogen) atoms. The van der Waals surface area contributed by atoms with E-state index in [9.17, 15) is 0 Å². The smallest absolute Gasteiger partial charge is 0.0883 e. The minimum absolute atomic E-state index is 0.496. The Morgan fingerprint density at radius 1 is 1.67 bits per heavy atom. The predicted molar refractivity (Wildman–Crippen MR) is 39.7 cm³/mol. The van der Waals surface area contributed by atoms with Crippen molar-refractivity contribution in [2.24, 2.45) is 4.99 Å². The van der Waals surface area contributed by atoms with Crippen molar-refractivity contribution in [1.29, 1.82) is 0 Å². The van der Waals surface area contributed by atoms with Crippen LogP contribution in [-0.2, 0) is 4.74 Å². The van der Waals surface area contributed by atoms with E-state index < -0.39 is 0 Å². The van der Waals surface area contributed by atoms with Gasteiger partial charge in [0.15, 0.2) is 0 Å². The third-order valence-electron chi connectivity index (χ3n) is 0.785. The highest BCUT2D eigenvalue weighted by atomic mass is 16.5. The SMILES string of the molecule is C=CN=C(C=C)COC. The van der Waals surface area contributed by atoms with Crippen LogP contribution < -0.4 is 0 Å². The summed E-state index contributed by atoms with van der Waals surface area (Å²) in [6.07, 6.45) is 3.11. The fraction of sp³-hybridized carbons (Fsp3) is 0.286. The molecule has 0 amide bonds. The van der Waals surface area contributed by atoms with Gasteiger partial charge in [-0.15, -0.1) is 0 Å². The van der Waals surface area contributed by atoms with Gasteiger partial charge in [-0.25, -0.2) is 0 Å². The van der Waals surface area contributed by atoms with E-state index in [1.807, 2.05) is 0 Å². The molecule has 50 valence electrons. The molecule has 0 aliphatic carbocycles. The zero-order valence-electron chi connectivity index (χ0n) is 5.63. The van der Waals surface area contributed by atoms with Gasteiger partial charge in [-0.1, -0.05) is 13.2 Å². The molecule has 0 aromatic heterocycles. The topological polar surface area (TPSA) is 21.6 Å². The standard InChI is InChI=1S/C7H11NO/c1-4-7(6-9-3)8-5-2/h4-5H,1-2,6H2,3H3. The van der Waals surface area contributed by atoms with E-state index in [4.69, 9.17) is 4.74 Å². The second-order valence-electron chi connectivity index (χ2n) is 1.44. The predicted octanol–water partition coefficient (Wildman–Crippen LogP) is 1.40. The number of hydrogen-bond donors (Lipinski definition) is 0. The summed E-state index contributed by atoms with van der Waals surface area (Å²) < 4.78 is 4.80. The zero-order valence-corrected chi connectivity index (χ0v) is 5.63. The van der Waals surface area contributed by atoms with E-state index in [0.29, 0.717) is 6.61 Å². The minimum Gasteiger partial charge on any atom is -0.378 e. The highest BCUT2D eigenvalue weighted by molar-refractivity contribution is 5.95. The summed E-state index contributed by atoms with van der Waals surface area (Å²) in [5.41, 5.74) is 0.799. The van der Waals surface area contributed by atoms with Crippen molar-refractivity contribution in [3.05, 3.63) is 25.4 Å². The zero-order chi connectivity index (χ0) is 7.11. The summed E-state index contributed by atoms with van der Waals surface area (Å²) in [5.74, 6) is 0. The van der Waals surface area contributed by atoms with Crippen LogP contribution in [0.25, 0.3) is 0 Å². The summed E-state index contributed by atoms with van der Waals surface area (Å²) in [7, 11) is 1.61. The molecule has 0 N–H and O–H groups in total. The van der Waals surface area contributed by atoms with Gasteiger partial charge in [0.1, 0.15) is 0 Å². The van der Waals surface area contributed by atoms with E-state index in [0.717, 1.165) is 5.71 Å². The number of methoxy groups -OCH3 is 1. The van der Waals surface area contributed by atoms with Crippen molar-refractivity contribution in [3.8, 4) is 0 Å². The Hall–Kier alpha value is -0.890. The van der Waals surface area contributed by atoms with Crippen LogP contribution >= 0.6 is 0 Å². The van der Waals surface area contributed by atoms with E-state index in [-0.39, 0.29) is 0 Å². The van der Waals surface area contributed by atoms with E-state index in [2.05, 4.69) is 18.2 Å². The lowest BCUT2D eigenvalue weighted by Gasteiger charge is -1.94. The van der Waals surface area contributed by atoms with Crippen molar-refractivity contribution in [2.75, 3.05) is 13.7 Å². The quantitative estimate of drug-likeness (QED) is 0.520. The van der Waals surface area contributed by atoms with Crippen molar-refractivity contribution < 1.29 is 4.74 Å². The molecule has 0 saturated carbocycles. The molecule has 0 heterocycles. The van der Waals surface area contributed by atoms with E-state index >= 15 is 0 Å². The highest BCUT2D eigenvalue weighted by Crippen LogP contribution is 1.81. The lowest BCUT2D eigenvalue weighted by Crippen LogP contribution is -2.01. The van der Waals surface area contributed by atoms with Crippen molar-refractivity contribution >= 4 is 5.71 Å². The van der Waals surface area contributed by atoms with Crippen LogP contribution in [0.1, 0.15) is 0 Å². The second kappa shape index (κ2) is 5.25. The molecule has 0 aromatic rings. The maximum atomic E-state index is 4.80. The molecule has 0 fully saturated rings. The molecule has 0 aliphatic rings. The minimum atomic E-state index is 0.496. The average Bonchev–Trinajstić information content (AvgIpc) is 1.88. The van der Waals surface area contributed by atoms with Crippen molar-refractivity contribution in [3.63, 3.8) is 0 Å². The Morgan fingerprint density at radius 3 is 2.67 bits per heavy atom. The molecule has 0 bridgehead atoms. The Kier molecular flexibility index (Phi) is 4.73. The second-order valence-corrected chi connectivity index (χ2v) is 1.44. The lowest BCUT2D eigenvalue weighted by atomic mass is 10.4. The molecule has 0 aliphatic heterocycles. The number of nitrogens with zero attached hydrogens (tertiary/aromatic N) is 1.